The third-order valence-electron chi connectivity index (χ3n) is 6.26. The topological polar surface area (TPSA) is 154 Å². The number of hydrogen-bond acceptors (Lipinski definition) is 8. The largest absolute Gasteiger partial charge is 0.480 e. The lowest BCUT2D eigenvalue weighted by Crippen LogP contribution is -2.45. The summed E-state index contributed by atoms with van der Waals surface area (Å²) in [7, 11) is 0. The molecule has 2 aromatic heterocycles. The molecule has 0 aliphatic carbocycles. The summed E-state index contributed by atoms with van der Waals surface area (Å²) in [5.74, 6) is -1.57. The van der Waals surface area contributed by atoms with Crippen LogP contribution in [0.15, 0.2) is 35.1 Å². The van der Waals surface area contributed by atoms with Crippen molar-refractivity contribution < 1.29 is 14.7 Å². The molecule has 188 valence electrons. The van der Waals surface area contributed by atoms with Crippen LogP contribution in [-0.2, 0) is 11.3 Å². The fourth-order valence-corrected chi connectivity index (χ4v) is 5.30. The van der Waals surface area contributed by atoms with E-state index >= 15 is 0 Å². The number of nitrogens with one attached hydrogen (secondary N) is 1. The molecule has 3 heterocycles. The van der Waals surface area contributed by atoms with Crippen LogP contribution in [0.5, 0.6) is 0 Å². The number of carbonyl (C=O) groups is 2. The van der Waals surface area contributed by atoms with Crippen molar-refractivity contribution in [3.05, 3.63) is 56.7 Å². The molecule has 10 nitrogen and oxygen atoms in total. The quantitative estimate of drug-likeness (QED) is 0.439. The standard InChI is InChI=1S/C25H28N6O4S/c1-14(2)20(24(34)35)29-22(32)19-10-18-21(36-19)23(33)31(12-16-7-4-3-6-15(16)11-26)25(28-18)30-9-5-8-17(27)13-30/h3-4,6-7,10,14,17,20H,5,8-9,12-13,27H2,1-2H3,(H,29,32)(H,34,35). The van der Waals surface area contributed by atoms with E-state index in [4.69, 9.17) is 10.7 Å². The van der Waals surface area contributed by atoms with Crippen LogP contribution in [0.4, 0.5) is 5.95 Å². The molecule has 1 aliphatic heterocycles. The van der Waals surface area contributed by atoms with E-state index in [-0.39, 0.29) is 33.6 Å². The zero-order valence-electron chi connectivity index (χ0n) is 20.1. The molecule has 0 bridgehead atoms. The number of benzene rings is 1. The lowest BCUT2D eigenvalue weighted by molar-refractivity contribution is -0.140. The fourth-order valence-electron chi connectivity index (χ4n) is 4.35. The lowest BCUT2D eigenvalue weighted by atomic mass is 10.0. The van der Waals surface area contributed by atoms with Crippen molar-refractivity contribution in [2.24, 2.45) is 11.7 Å². The van der Waals surface area contributed by atoms with Gasteiger partial charge in [0.05, 0.1) is 28.6 Å². The van der Waals surface area contributed by atoms with E-state index in [1.807, 2.05) is 11.0 Å². The Balaban J connectivity index is 1.80. The Kier molecular flexibility index (Phi) is 7.37. The van der Waals surface area contributed by atoms with E-state index in [9.17, 15) is 24.8 Å². The van der Waals surface area contributed by atoms with E-state index in [1.54, 1.807) is 32.0 Å². The van der Waals surface area contributed by atoms with Crippen molar-refractivity contribution in [1.29, 1.82) is 5.26 Å². The van der Waals surface area contributed by atoms with Crippen LogP contribution in [0.25, 0.3) is 10.2 Å². The molecule has 1 amide bonds. The van der Waals surface area contributed by atoms with Crippen LogP contribution < -0.4 is 21.5 Å². The minimum absolute atomic E-state index is 0.0565. The maximum atomic E-state index is 13.7. The summed E-state index contributed by atoms with van der Waals surface area (Å²) in [6.07, 6.45) is 1.73. The molecule has 0 spiro atoms. The van der Waals surface area contributed by atoms with Gasteiger partial charge in [-0.15, -0.1) is 11.3 Å². The Morgan fingerprint density at radius 3 is 2.78 bits per heavy atom. The van der Waals surface area contributed by atoms with Crippen LogP contribution in [0, 0.1) is 17.2 Å². The van der Waals surface area contributed by atoms with E-state index in [2.05, 4.69) is 11.4 Å². The first-order valence-electron chi connectivity index (χ1n) is 11.8. The predicted molar refractivity (Wildman–Crippen MR) is 137 cm³/mol. The first-order chi connectivity index (χ1) is 17.2. The van der Waals surface area contributed by atoms with Crippen LogP contribution in [0.2, 0.25) is 0 Å². The van der Waals surface area contributed by atoms with Gasteiger partial charge in [-0.3, -0.25) is 14.2 Å². The molecule has 2 unspecified atom stereocenters. The van der Waals surface area contributed by atoms with Gasteiger partial charge in [0.25, 0.3) is 11.5 Å². The van der Waals surface area contributed by atoms with E-state index < -0.39 is 17.9 Å². The average Bonchev–Trinajstić information content (AvgIpc) is 3.28. The van der Waals surface area contributed by atoms with Gasteiger partial charge in [0.15, 0.2) is 0 Å². The van der Waals surface area contributed by atoms with Gasteiger partial charge in [0.2, 0.25) is 5.95 Å². The molecule has 1 aromatic carbocycles. The second-order valence-electron chi connectivity index (χ2n) is 9.28. The van der Waals surface area contributed by atoms with Crippen LogP contribution >= 0.6 is 11.3 Å². The number of nitrogens with two attached hydrogens (primary N) is 1. The number of thiophene rings is 1. The van der Waals surface area contributed by atoms with Gasteiger partial charge in [-0.2, -0.15) is 5.26 Å². The van der Waals surface area contributed by atoms with E-state index in [1.165, 1.54) is 10.6 Å². The maximum absolute atomic E-state index is 13.7. The lowest BCUT2D eigenvalue weighted by Gasteiger charge is -2.33. The molecular weight excluding hydrogens is 480 g/mol. The molecule has 1 aliphatic rings. The van der Waals surface area contributed by atoms with Crippen molar-refractivity contribution in [3.63, 3.8) is 0 Å². The van der Waals surface area contributed by atoms with Crippen molar-refractivity contribution >= 4 is 39.4 Å². The molecule has 11 heteroatoms. The van der Waals surface area contributed by atoms with Crippen molar-refractivity contribution in [2.45, 2.75) is 45.3 Å². The summed E-state index contributed by atoms with van der Waals surface area (Å²) in [5.41, 5.74) is 7.38. The first-order valence-corrected chi connectivity index (χ1v) is 12.6. The number of nitrogens with zero attached hydrogens (tertiary/aromatic N) is 4. The normalized spacial score (nSPS) is 16.6. The Morgan fingerprint density at radius 2 is 2.11 bits per heavy atom. The number of fused-ring (bicyclic) bond motifs is 1. The second kappa shape index (κ2) is 10.5. The zero-order valence-corrected chi connectivity index (χ0v) is 20.9. The molecule has 4 N–H and O–H groups in total. The number of carboxylic acids is 1. The molecule has 3 aromatic rings. The van der Waals surface area contributed by atoms with Gasteiger partial charge in [0, 0.05) is 19.1 Å². The molecule has 1 saturated heterocycles. The number of hydrogen-bond donors (Lipinski definition) is 3. The highest BCUT2D eigenvalue weighted by atomic mass is 32.1. The Hall–Kier alpha value is -3.75. The minimum Gasteiger partial charge on any atom is -0.480 e. The van der Waals surface area contributed by atoms with E-state index in [0.717, 1.165) is 24.2 Å². The minimum atomic E-state index is -1.13. The molecule has 1 fully saturated rings. The molecular formula is C25H28N6O4S. The summed E-state index contributed by atoms with van der Waals surface area (Å²) < 4.78 is 1.82. The monoisotopic (exact) mass is 508 g/mol. The Labute approximate surface area is 212 Å². The van der Waals surface area contributed by atoms with Gasteiger partial charge in [-0.05, 0) is 36.5 Å². The average molecular weight is 509 g/mol. The Bertz CT molecular complexity index is 1410. The number of nitriles is 1. The number of amides is 1. The van der Waals surface area contributed by atoms with Gasteiger partial charge in [-0.25, -0.2) is 9.78 Å². The molecule has 0 radical (unpaired) electrons. The summed E-state index contributed by atoms with van der Waals surface area (Å²) in [6, 6.07) is 9.65. The highest BCUT2D eigenvalue weighted by Gasteiger charge is 2.27. The van der Waals surface area contributed by atoms with Crippen LogP contribution in [0.1, 0.15) is 47.5 Å². The zero-order chi connectivity index (χ0) is 26.0. The third kappa shape index (κ3) is 5.10. The molecule has 36 heavy (non-hydrogen) atoms. The van der Waals surface area contributed by atoms with Crippen LogP contribution in [-0.4, -0.2) is 51.7 Å². The van der Waals surface area contributed by atoms with Gasteiger partial charge in [-0.1, -0.05) is 32.0 Å². The highest BCUT2D eigenvalue weighted by molar-refractivity contribution is 7.20. The number of piperidine rings is 1. The van der Waals surface area contributed by atoms with Crippen LogP contribution in [0.3, 0.4) is 0 Å². The SMILES string of the molecule is CC(C)C(NC(=O)c1cc2nc(N3CCCC(N)C3)n(Cc3ccccc3C#N)c(=O)c2s1)C(=O)O. The number of rotatable bonds is 7. The van der Waals surface area contributed by atoms with Crippen molar-refractivity contribution in [2.75, 3.05) is 18.0 Å². The summed E-state index contributed by atoms with van der Waals surface area (Å²) >= 11 is 0.979. The summed E-state index contributed by atoms with van der Waals surface area (Å²) in [5, 5.41) is 21.5. The third-order valence-corrected chi connectivity index (χ3v) is 7.37. The molecule has 0 saturated carbocycles. The van der Waals surface area contributed by atoms with Crippen molar-refractivity contribution in [3.8, 4) is 6.07 Å². The highest BCUT2D eigenvalue weighted by Crippen LogP contribution is 2.26. The number of aromatic nitrogens is 2. The summed E-state index contributed by atoms with van der Waals surface area (Å²) in [6.45, 7) is 4.76. The maximum Gasteiger partial charge on any atom is 0.326 e. The number of carbonyl (C=O) groups excluding carboxylic acids is 1. The number of anilines is 1. The second-order valence-corrected chi connectivity index (χ2v) is 10.3. The Morgan fingerprint density at radius 1 is 1.36 bits per heavy atom. The predicted octanol–water partition coefficient (Wildman–Crippen LogP) is 2.14. The van der Waals surface area contributed by atoms with E-state index in [0.29, 0.717) is 35.7 Å². The number of carboxylic acid groups (broad SMARTS) is 1. The molecule has 4 rings (SSSR count). The number of aliphatic carboxylic acids is 1. The van der Waals surface area contributed by atoms with Gasteiger partial charge in [0.1, 0.15) is 10.7 Å². The summed E-state index contributed by atoms with van der Waals surface area (Å²) in [4.78, 5) is 45.1. The smallest absolute Gasteiger partial charge is 0.326 e. The fraction of sp³-hybridized carbons (Fsp3) is 0.400. The first kappa shape index (κ1) is 25.3. The van der Waals surface area contributed by atoms with Crippen molar-refractivity contribution in [1.82, 2.24) is 14.9 Å². The van der Waals surface area contributed by atoms with Gasteiger partial charge >= 0.3 is 5.97 Å². The van der Waals surface area contributed by atoms with Gasteiger partial charge < -0.3 is 21.1 Å². The molecule has 2 atom stereocenters.